The lowest BCUT2D eigenvalue weighted by atomic mass is 10.0. The molecule has 25 heavy (non-hydrogen) atoms. The second kappa shape index (κ2) is 8.64. The number of methoxy groups -OCH3 is 1. The van der Waals surface area contributed by atoms with E-state index in [9.17, 15) is 12.8 Å². The lowest BCUT2D eigenvalue weighted by molar-refractivity contribution is 0.144. The summed E-state index contributed by atoms with van der Waals surface area (Å²) in [6, 6.07) is 4.11. The summed E-state index contributed by atoms with van der Waals surface area (Å²) in [6.45, 7) is 0.518. The number of piperidine rings is 1. The Morgan fingerprint density at radius 2 is 1.92 bits per heavy atom. The van der Waals surface area contributed by atoms with Crippen LogP contribution in [0.3, 0.4) is 0 Å². The molecule has 2 unspecified atom stereocenters. The van der Waals surface area contributed by atoms with Gasteiger partial charge in [0.2, 0.25) is 10.0 Å². The molecule has 2 saturated heterocycles. The van der Waals surface area contributed by atoms with Crippen molar-refractivity contribution >= 4 is 22.4 Å². The zero-order valence-corrected chi connectivity index (χ0v) is 15.7. The second-order valence-electron chi connectivity index (χ2n) is 6.36. The van der Waals surface area contributed by atoms with Gasteiger partial charge in [0.05, 0.1) is 6.61 Å². The Hall–Kier alpha value is -0.930. The van der Waals surface area contributed by atoms with Crippen molar-refractivity contribution in [1.29, 1.82) is 0 Å². The zero-order valence-electron chi connectivity index (χ0n) is 14.0. The molecule has 9 heteroatoms. The standard InChI is InChI=1S/C16H23FN2O4S.ClH/c1-22-6-7-23-15-5-2-11(17)8-16(15)24(20,21)19-14-9-12-3-4-13(10-14)18-12;/h2,5,8,12-14,18-19H,3-4,6-7,9-10H2,1H3;1H. The number of ether oxygens (including phenoxy) is 2. The van der Waals surface area contributed by atoms with Gasteiger partial charge in [-0.25, -0.2) is 17.5 Å². The smallest absolute Gasteiger partial charge is 0.244 e. The topological polar surface area (TPSA) is 76.7 Å². The molecule has 0 radical (unpaired) electrons. The van der Waals surface area contributed by atoms with E-state index < -0.39 is 15.8 Å². The van der Waals surface area contributed by atoms with Gasteiger partial charge in [-0.1, -0.05) is 0 Å². The van der Waals surface area contributed by atoms with Gasteiger partial charge in [0.15, 0.2) is 0 Å². The highest BCUT2D eigenvalue weighted by molar-refractivity contribution is 7.89. The maximum atomic E-state index is 13.6. The van der Waals surface area contributed by atoms with E-state index >= 15 is 0 Å². The van der Waals surface area contributed by atoms with Crippen LogP contribution in [-0.2, 0) is 14.8 Å². The van der Waals surface area contributed by atoms with E-state index in [0.29, 0.717) is 18.7 Å². The van der Waals surface area contributed by atoms with Crippen LogP contribution in [0.5, 0.6) is 5.75 Å². The predicted octanol–water partition coefficient (Wildman–Crippen LogP) is 1.83. The summed E-state index contributed by atoms with van der Waals surface area (Å²) < 4.78 is 52.1. The van der Waals surface area contributed by atoms with Crippen LogP contribution in [0.4, 0.5) is 4.39 Å². The molecule has 2 heterocycles. The van der Waals surface area contributed by atoms with Gasteiger partial charge in [-0.05, 0) is 43.9 Å². The maximum Gasteiger partial charge on any atom is 0.244 e. The van der Waals surface area contributed by atoms with Gasteiger partial charge in [0, 0.05) is 25.2 Å². The zero-order chi connectivity index (χ0) is 17.2. The molecule has 0 aliphatic carbocycles. The van der Waals surface area contributed by atoms with Crippen molar-refractivity contribution in [1.82, 2.24) is 10.0 Å². The van der Waals surface area contributed by atoms with Crippen LogP contribution in [0.25, 0.3) is 0 Å². The molecular weight excluding hydrogens is 371 g/mol. The third kappa shape index (κ3) is 5.04. The molecule has 142 valence electrons. The molecule has 0 amide bonds. The number of halogens is 2. The van der Waals surface area contributed by atoms with E-state index in [1.165, 1.54) is 19.2 Å². The van der Waals surface area contributed by atoms with Gasteiger partial charge < -0.3 is 14.8 Å². The average molecular weight is 395 g/mol. The Kier molecular flexibility index (Phi) is 7.04. The summed E-state index contributed by atoms with van der Waals surface area (Å²) in [4.78, 5) is -0.163. The summed E-state index contributed by atoms with van der Waals surface area (Å²) in [5.41, 5.74) is 0. The number of hydrogen-bond donors (Lipinski definition) is 2. The fourth-order valence-corrected chi connectivity index (χ4v) is 4.90. The molecule has 2 aliphatic rings. The normalized spacial score (nSPS) is 25.4. The van der Waals surface area contributed by atoms with E-state index in [1.807, 2.05) is 0 Å². The fraction of sp³-hybridized carbons (Fsp3) is 0.625. The molecule has 1 aromatic carbocycles. The largest absolute Gasteiger partial charge is 0.490 e. The van der Waals surface area contributed by atoms with Crippen molar-refractivity contribution in [3.63, 3.8) is 0 Å². The van der Waals surface area contributed by atoms with E-state index in [-0.39, 0.29) is 35.7 Å². The molecule has 0 saturated carbocycles. The highest BCUT2D eigenvalue weighted by Gasteiger charge is 2.36. The molecular formula is C16H24ClFN2O4S. The van der Waals surface area contributed by atoms with Crippen molar-refractivity contribution in [2.24, 2.45) is 0 Å². The van der Waals surface area contributed by atoms with Crippen LogP contribution in [-0.4, -0.2) is 46.9 Å². The third-order valence-electron chi connectivity index (χ3n) is 4.54. The van der Waals surface area contributed by atoms with E-state index in [1.54, 1.807) is 0 Å². The van der Waals surface area contributed by atoms with Gasteiger partial charge in [-0.15, -0.1) is 12.4 Å². The first-order valence-corrected chi connectivity index (χ1v) is 9.66. The van der Waals surface area contributed by atoms with Gasteiger partial charge in [0.1, 0.15) is 23.1 Å². The summed E-state index contributed by atoms with van der Waals surface area (Å²) in [5, 5.41) is 3.47. The number of benzene rings is 1. The van der Waals surface area contributed by atoms with Crippen molar-refractivity contribution in [3.05, 3.63) is 24.0 Å². The molecule has 2 bridgehead atoms. The van der Waals surface area contributed by atoms with Crippen molar-refractivity contribution in [2.75, 3.05) is 20.3 Å². The lowest BCUT2D eigenvalue weighted by Gasteiger charge is -2.29. The van der Waals surface area contributed by atoms with Crippen LogP contribution in [0.1, 0.15) is 25.7 Å². The Morgan fingerprint density at radius 1 is 1.24 bits per heavy atom. The van der Waals surface area contributed by atoms with Crippen molar-refractivity contribution in [3.8, 4) is 5.75 Å². The minimum atomic E-state index is -3.85. The van der Waals surface area contributed by atoms with Crippen molar-refractivity contribution in [2.45, 2.75) is 48.7 Å². The van der Waals surface area contributed by atoms with Crippen LogP contribution in [0, 0.1) is 5.82 Å². The van der Waals surface area contributed by atoms with E-state index in [2.05, 4.69) is 10.0 Å². The summed E-state index contributed by atoms with van der Waals surface area (Å²) >= 11 is 0. The molecule has 3 rings (SSSR count). The predicted molar refractivity (Wildman–Crippen MR) is 94.3 cm³/mol. The molecule has 1 aromatic rings. The first kappa shape index (κ1) is 20.4. The van der Waals surface area contributed by atoms with Gasteiger partial charge in [-0.3, -0.25) is 0 Å². The highest BCUT2D eigenvalue weighted by atomic mass is 35.5. The van der Waals surface area contributed by atoms with Crippen LogP contribution < -0.4 is 14.8 Å². The van der Waals surface area contributed by atoms with Crippen molar-refractivity contribution < 1.29 is 22.3 Å². The highest BCUT2D eigenvalue weighted by Crippen LogP contribution is 2.30. The van der Waals surface area contributed by atoms with Gasteiger partial charge in [-0.2, -0.15) is 0 Å². The number of fused-ring (bicyclic) bond motifs is 2. The second-order valence-corrected chi connectivity index (χ2v) is 8.04. The molecule has 2 N–H and O–H groups in total. The SMILES string of the molecule is COCCOc1ccc(F)cc1S(=O)(=O)NC1CC2CCC(C1)N2.Cl. The number of nitrogens with one attached hydrogen (secondary N) is 2. The van der Waals surface area contributed by atoms with Crippen LogP contribution in [0.2, 0.25) is 0 Å². The van der Waals surface area contributed by atoms with Crippen LogP contribution in [0.15, 0.2) is 23.1 Å². The maximum absolute atomic E-state index is 13.6. The molecule has 6 nitrogen and oxygen atoms in total. The Morgan fingerprint density at radius 3 is 2.56 bits per heavy atom. The lowest BCUT2D eigenvalue weighted by Crippen LogP contribution is -2.47. The fourth-order valence-electron chi connectivity index (χ4n) is 3.48. The van der Waals surface area contributed by atoms with E-state index in [4.69, 9.17) is 9.47 Å². The Bertz CT molecular complexity index is 677. The van der Waals surface area contributed by atoms with Gasteiger partial charge >= 0.3 is 0 Å². The average Bonchev–Trinajstić information content (AvgIpc) is 2.87. The first-order valence-electron chi connectivity index (χ1n) is 8.17. The molecule has 0 aromatic heterocycles. The number of sulfonamides is 1. The summed E-state index contributed by atoms with van der Waals surface area (Å²) in [6.07, 6.45) is 3.66. The Balaban J connectivity index is 0.00000225. The monoisotopic (exact) mass is 394 g/mol. The molecule has 2 fully saturated rings. The molecule has 2 atom stereocenters. The molecule has 2 aliphatic heterocycles. The number of rotatable bonds is 7. The number of hydrogen-bond acceptors (Lipinski definition) is 5. The molecule has 0 spiro atoms. The van der Waals surface area contributed by atoms with Gasteiger partial charge in [0.25, 0.3) is 0 Å². The Labute approximate surface area is 153 Å². The minimum absolute atomic E-state index is 0. The first-order chi connectivity index (χ1) is 11.5. The summed E-state index contributed by atoms with van der Waals surface area (Å²) in [5.74, 6) is -0.474. The van der Waals surface area contributed by atoms with E-state index in [0.717, 1.165) is 31.7 Å². The third-order valence-corrected chi connectivity index (χ3v) is 6.08. The minimum Gasteiger partial charge on any atom is -0.490 e. The summed E-state index contributed by atoms with van der Waals surface area (Å²) in [7, 11) is -2.33. The quantitative estimate of drug-likeness (QED) is 0.690. The van der Waals surface area contributed by atoms with Crippen LogP contribution >= 0.6 is 12.4 Å².